The van der Waals surface area contributed by atoms with Crippen molar-refractivity contribution in [3.63, 3.8) is 0 Å². The number of carbonyl (C=O) groups is 1. The van der Waals surface area contributed by atoms with Crippen molar-refractivity contribution in [1.29, 1.82) is 0 Å². The molecule has 1 aromatic carbocycles. The largest absolute Gasteiger partial charge is 0.338 e. The lowest BCUT2D eigenvalue weighted by molar-refractivity contribution is -0.384. The molecule has 0 fully saturated rings. The third-order valence-electron chi connectivity index (χ3n) is 3.42. The number of urea groups is 1. The standard InChI is InChI=1S/C15H19N3O3/c19-15(17-13-6-2-1-3-7-13)16-10-9-12-5-4-8-14(11-12)18(20)21/h1-2,4-5,8,11,13H,3,6-7,9-10H2,(H2,16,17,19). The number of amides is 2. The topological polar surface area (TPSA) is 84.3 Å². The van der Waals surface area contributed by atoms with E-state index in [1.807, 2.05) is 6.07 Å². The number of hydrogen-bond acceptors (Lipinski definition) is 3. The van der Waals surface area contributed by atoms with Gasteiger partial charge in [-0.25, -0.2) is 4.79 Å². The molecule has 112 valence electrons. The van der Waals surface area contributed by atoms with Gasteiger partial charge < -0.3 is 10.6 Å². The van der Waals surface area contributed by atoms with Gasteiger partial charge in [-0.15, -0.1) is 0 Å². The molecule has 6 nitrogen and oxygen atoms in total. The van der Waals surface area contributed by atoms with Crippen molar-refractivity contribution in [3.8, 4) is 0 Å². The number of carbonyl (C=O) groups excluding carboxylic acids is 1. The summed E-state index contributed by atoms with van der Waals surface area (Å²) in [4.78, 5) is 22.0. The normalized spacial score (nSPS) is 17.2. The molecule has 21 heavy (non-hydrogen) atoms. The third-order valence-corrected chi connectivity index (χ3v) is 3.42. The highest BCUT2D eigenvalue weighted by Gasteiger charge is 2.12. The number of benzene rings is 1. The highest BCUT2D eigenvalue weighted by Crippen LogP contribution is 2.13. The van der Waals surface area contributed by atoms with Crippen LogP contribution < -0.4 is 10.6 Å². The number of nitro groups is 1. The molecule has 0 aliphatic heterocycles. The minimum absolute atomic E-state index is 0.0749. The maximum Gasteiger partial charge on any atom is 0.315 e. The zero-order chi connectivity index (χ0) is 15.1. The summed E-state index contributed by atoms with van der Waals surface area (Å²) in [5.41, 5.74) is 0.913. The minimum atomic E-state index is -0.416. The number of allylic oxidation sites excluding steroid dienone is 1. The van der Waals surface area contributed by atoms with E-state index in [4.69, 9.17) is 0 Å². The van der Waals surface area contributed by atoms with Gasteiger partial charge in [-0.05, 0) is 31.2 Å². The quantitative estimate of drug-likeness (QED) is 0.496. The zero-order valence-electron chi connectivity index (χ0n) is 11.7. The van der Waals surface area contributed by atoms with E-state index in [1.165, 1.54) is 12.1 Å². The Bertz CT molecular complexity index is 543. The second-order valence-electron chi connectivity index (χ2n) is 5.06. The van der Waals surface area contributed by atoms with E-state index < -0.39 is 4.92 Å². The van der Waals surface area contributed by atoms with Crippen LogP contribution in [0.5, 0.6) is 0 Å². The Morgan fingerprint density at radius 2 is 2.24 bits per heavy atom. The molecule has 1 aromatic rings. The monoisotopic (exact) mass is 289 g/mol. The van der Waals surface area contributed by atoms with E-state index in [-0.39, 0.29) is 17.8 Å². The number of non-ortho nitro benzene ring substituents is 1. The van der Waals surface area contributed by atoms with E-state index >= 15 is 0 Å². The Labute approximate surface area is 123 Å². The predicted octanol–water partition coefficient (Wildman–Crippen LogP) is 2.55. The first-order valence-electron chi connectivity index (χ1n) is 7.08. The van der Waals surface area contributed by atoms with Crippen molar-refractivity contribution < 1.29 is 9.72 Å². The summed E-state index contributed by atoms with van der Waals surface area (Å²) in [6.45, 7) is 0.454. The second kappa shape index (κ2) is 7.42. The van der Waals surface area contributed by atoms with Crippen molar-refractivity contribution >= 4 is 11.7 Å². The number of nitrogens with zero attached hydrogens (tertiary/aromatic N) is 1. The summed E-state index contributed by atoms with van der Waals surface area (Å²) in [6, 6.07) is 6.49. The van der Waals surface area contributed by atoms with Gasteiger partial charge in [0.2, 0.25) is 0 Å². The fourth-order valence-electron chi connectivity index (χ4n) is 2.31. The van der Waals surface area contributed by atoms with Crippen molar-refractivity contribution in [3.05, 3.63) is 52.1 Å². The van der Waals surface area contributed by atoms with Crippen LogP contribution in [0.15, 0.2) is 36.4 Å². The van der Waals surface area contributed by atoms with Gasteiger partial charge in [0.25, 0.3) is 5.69 Å². The molecule has 0 bridgehead atoms. The van der Waals surface area contributed by atoms with Crippen LogP contribution in [0.1, 0.15) is 24.8 Å². The second-order valence-corrected chi connectivity index (χ2v) is 5.06. The van der Waals surface area contributed by atoms with E-state index in [0.29, 0.717) is 13.0 Å². The van der Waals surface area contributed by atoms with Crippen LogP contribution in [0, 0.1) is 10.1 Å². The van der Waals surface area contributed by atoms with Gasteiger partial charge in [0.15, 0.2) is 0 Å². The Kier molecular flexibility index (Phi) is 5.31. The molecular formula is C15H19N3O3. The number of hydrogen-bond donors (Lipinski definition) is 2. The summed E-state index contributed by atoms with van der Waals surface area (Å²) in [5.74, 6) is 0. The molecule has 1 aliphatic carbocycles. The highest BCUT2D eigenvalue weighted by atomic mass is 16.6. The van der Waals surface area contributed by atoms with Gasteiger partial charge in [-0.3, -0.25) is 10.1 Å². The first-order valence-corrected chi connectivity index (χ1v) is 7.08. The van der Waals surface area contributed by atoms with Crippen LogP contribution >= 0.6 is 0 Å². The Morgan fingerprint density at radius 3 is 2.95 bits per heavy atom. The number of rotatable bonds is 5. The summed E-state index contributed by atoms with van der Waals surface area (Å²) in [6.07, 6.45) is 7.61. The van der Waals surface area contributed by atoms with Gasteiger partial charge in [0, 0.05) is 24.7 Å². The molecule has 2 amide bonds. The first-order chi connectivity index (χ1) is 10.1. The lowest BCUT2D eigenvalue weighted by Gasteiger charge is -2.19. The fraction of sp³-hybridized carbons (Fsp3) is 0.400. The third kappa shape index (κ3) is 4.91. The van der Waals surface area contributed by atoms with Gasteiger partial charge in [0.1, 0.15) is 0 Å². The van der Waals surface area contributed by atoms with Crippen molar-refractivity contribution in [2.45, 2.75) is 31.7 Å². The molecule has 2 N–H and O–H groups in total. The molecule has 0 heterocycles. The van der Waals surface area contributed by atoms with Crippen LogP contribution in [-0.4, -0.2) is 23.5 Å². The molecule has 0 saturated carbocycles. The molecule has 2 rings (SSSR count). The molecule has 0 radical (unpaired) electrons. The van der Waals surface area contributed by atoms with E-state index in [2.05, 4.69) is 22.8 Å². The summed E-state index contributed by atoms with van der Waals surface area (Å²) in [7, 11) is 0. The lowest BCUT2D eigenvalue weighted by atomic mass is 10.0. The fourth-order valence-corrected chi connectivity index (χ4v) is 2.31. The van der Waals surface area contributed by atoms with Crippen molar-refractivity contribution in [2.24, 2.45) is 0 Å². The van der Waals surface area contributed by atoms with Crippen LogP contribution in [0.25, 0.3) is 0 Å². The van der Waals surface area contributed by atoms with Crippen molar-refractivity contribution in [1.82, 2.24) is 10.6 Å². The maximum absolute atomic E-state index is 11.7. The SMILES string of the molecule is O=C(NCCc1cccc([N+](=O)[O-])c1)NC1CC=CCC1. The molecule has 1 atom stereocenters. The molecule has 1 unspecified atom stereocenters. The van der Waals surface area contributed by atoms with Crippen LogP contribution in [-0.2, 0) is 6.42 Å². The molecule has 0 spiro atoms. The molecular weight excluding hydrogens is 270 g/mol. The van der Waals surface area contributed by atoms with Crippen LogP contribution in [0.2, 0.25) is 0 Å². The number of nitrogens with one attached hydrogen (secondary N) is 2. The Morgan fingerprint density at radius 1 is 1.38 bits per heavy atom. The smallest absolute Gasteiger partial charge is 0.315 e. The van der Waals surface area contributed by atoms with E-state index in [9.17, 15) is 14.9 Å². The maximum atomic E-state index is 11.7. The average molecular weight is 289 g/mol. The van der Waals surface area contributed by atoms with E-state index in [1.54, 1.807) is 6.07 Å². The molecule has 0 aromatic heterocycles. The minimum Gasteiger partial charge on any atom is -0.338 e. The van der Waals surface area contributed by atoms with Gasteiger partial charge >= 0.3 is 6.03 Å². The molecule has 6 heteroatoms. The zero-order valence-corrected chi connectivity index (χ0v) is 11.7. The van der Waals surface area contributed by atoms with Gasteiger partial charge in [0.05, 0.1) is 4.92 Å². The summed E-state index contributed by atoms with van der Waals surface area (Å²) in [5, 5.41) is 16.4. The highest BCUT2D eigenvalue weighted by molar-refractivity contribution is 5.74. The van der Waals surface area contributed by atoms with Crippen molar-refractivity contribution in [2.75, 3.05) is 6.54 Å². The van der Waals surface area contributed by atoms with Gasteiger partial charge in [-0.2, -0.15) is 0 Å². The summed E-state index contributed by atoms with van der Waals surface area (Å²) < 4.78 is 0. The Balaban J connectivity index is 1.73. The summed E-state index contributed by atoms with van der Waals surface area (Å²) >= 11 is 0. The van der Waals surface area contributed by atoms with Gasteiger partial charge in [-0.1, -0.05) is 24.3 Å². The predicted molar refractivity (Wildman–Crippen MR) is 80.1 cm³/mol. The molecule has 0 saturated heterocycles. The molecule has 1 aliphatic rings. The lowest BCUT2D eigenvalue weighted by Crippen LogP contribution is -2.43. The number of nitro benzene ring substituents is 1. The van der Waals surface area contributed by atoms with Crippen LogP contribution in [0.4, 0.5) is 10.5 Å². The Hall–Kier alpha value is -2.37. The van der Waals surface area contributed by atoms with Crippen LogP contribution in [0.3, 0.4) is 0 Å². The van der Waals surface area contributed by atoms with E-state index in [0.717, 1.165) is 24.8 Å². The first kappa shape index (κ1) is 15.0. The average Bonchev–Trinajstić information content (AvgIpc) is 2.48.